The summed E-state index contributed by atoms with van der Waals surface area (Å²) >= 11 is 0. The number of hydrogen-bond donors (Lipinski definition) is 1. The van der Waals surface area contributed by atoms with E-state index in [1.807, 2.05) is 0 Å². The van der Waals surface area contributed by atoms with E-state index in [1.165, 1.54) is 6.92 Å². The molecule has 1 aliphatic heterocycles. The number of rotatable bonds is 4. The monoisotopic (exact) mass is 280 g/mol. The molecule has 0 aliphatic carbocycles. The van der Waals surface area contributed by atoms with Crippen LogP contribution in [0.25, 0.3) is 0 Å². The first-order valence-electron chi connectivity index (χ1n) is 6.29. The first kappa shape index (κ1) is 14.5. The van der Waals surface area contributed by atoms with E-state index >= 15 is 0 Å². The molecular weight excluding hydrogens is 264 g/mol. The summed E-state index contributed by atoms with van der Waals surface area (Å²) in [7, 11) is 0. The minimum Gasteiger partial charge on any atom is -0.459 e. The van der Waals surface area contributed by atoms with E-state index in [0.29, 0.717) is 12.0 Å². The van der Waals surface area contributed by atoms with Gasteiger partial charge in [0.25, 0.3) is 0 Å². The molecule has 0 radical (unpaired) electrons. The highest BCUT2D eigenvalue weighted by Gasteiger charge is 2.36. The van der Waals surface area contributed by atoms with Crippen molar-refractivity contribution < 1.29 is 28.9 Å². The molecule has 0 unspecified atom stereocenters. The Labute approximate surface area is 116 Å². The Balaban J connectivity index is 1.81. The summed E-state index contributed by atoms with van der Waals surface area (Å²) in [6.07, 6.45) is -2.09. The minimum absolute atomic E-state index is 0.00253. The van der Waals surface area contributed by atoms with Crippen LogP contribution in [-0.2, 0) is 19.0 Å². The number of aliphatic hydroxyl groups is 1. The molecule has 0 spiro atoms. The lowest BCUT2D eigenvalue weighted by atomic mass is 10.2. The number of carbonyl (C=O) groups is 2. The summed E-state index contributed by atoms with van der Waals surface area (Å²) in [5, 5.41) is 9.55. The van der Waals surface area contributed by atoms with E-state index in [0.717, 1.165) is 0 Å². The number of benzene rings is 1. The molecule has 108 valence electrons. The molecule has 3 atom stereocenters. The van der Waals surface area contributed by atoms with Crippen LogP contribution in [0.5, 0.6) is 0 Å². The molecule has 1 aromatic rings. The van der Waals surface area contributed by atoms with Gasteiger partial charge in [0, 0.05) is 13.3 Å². The van der Waals surface area contributed by atoms with E-state index < -0.39 is 30.4 Å². The maximum Gasteiger partial charge on any atom is 0.338 e. The van der Waals surface area contributed by atoms with Crippen LogP contribution in [0.2, 0.25) is 0 Å². The Kier molecular flexibility index (Phi) is 4.70. The van der Waals surface area contributed by atoms with Crippen LogP contribution in [0.4, 0.5) is 0 Å². The second-order valence-electron chi connectivity index (χ2n) is 4.50. The molecule has 1 N–H and O–H groups in total. The third-order valence-corrected chi connectivity index (χ3v) is 2.87. The molecule has 1 heterocycles. The molecule has 0 aromatic heterocycles. The van der Waals surface area contributed by atoms with Gasteiger partial charge in [-0.25, -0.2) is 4.79 Å². The lowest BCUT2D eigenvalue weighted by Crippen LogP contribution is -2.25. The Morgan fingerprint density at radius 1 is 1.35 bits per heavy atom. The van der Waals surface area contributed by atoms with Crippen molar-refractivity contribution in [3.63, 3.8) is 0 Å². The third-order valence-electron chi connectivity index (χ3n) is 2.87. The van der Waals surface area contributed by atoms with Gasteiger partial charge < -0.3 is 19.3 Å². The van der Waals surface area contributed by atoms with E-state index in [4.69, 9.17) is 14.2 Å². The number of carbonyl (C=O) groups excluding carboxylic acids is 2. The summed E-state index contributed by atoms with van der Waals surface area (Å²) in [5.41, 5.74) is 0.447. The van der Waals surface area contributed by atoms with Gasteiger partial charge in [-0.05, 0) is 12.1 Å². The summed E-state index contributed by atoms with van der Waals surface area (Å²) in [4.78, 5) is 22.5. The molecular formula is C14H16O6. The van der Waals surface area contributed by atoms with Gasteiger partial charge in [0.1, 0.15) is 6.61 Å². The van der Waals surface area contributed by atoms with Gasteiger partial charge in [0.2, 0.25) is 0 Å². The number of esters is 2. The van der Waals surface area contributed by atoms with E-state index in [2.05, 4.69) is 0 Å². The first-order chi connectivity index (χ1) is 9.56. The van der Waals surface area contributed by atoms with E-state index in [1.54, 1.807) is 30.3 Å². The van der Waals surface area contributed by atoms with Gasteiger partial charge in [-0.2, -0.15) is 0 Å². The smallest absolute Gasteiger partial charge is 0.338 e. The summed E-state index contributed by atoms with van der Waals surface area (Å²) in [6.45, 7) is 1.26. The number of aliphatic hydroxyl groups excluding tert-OH is 1. The zero-order valence-corrected chi connectivity index (χ0v) is 11.0. The van der Waals surface area contributed by atoms with Gasteiger partial charge in [-0.15, -0.1) is 0 Å². The first-order valence-corrected chi connectivity index (χ1v) is 6.29. The van der Waals surface area contributed by atoms with Crippen molar-refractivity contribution in [2.24, 2.45) is 0 Å². The molecule has 20 heavy (non-hydrogen) atoms. The van der Waals surface area contributed by atoms with Gasteiger partial charge in [0.15, 0.2) is 12.4 Å². The SMILES string of the molecule is CC(=O)O[C@@H]1C[C@H](COC(=O)c2ccccc2)O[C@@H]1O. The quantitative estimate of drug-likeness (QED) is 0.825. The minimum atomic E-state index is -1.18. The Morgan fingerprint density at radius 2 is 2.05 bits per heavy atom. The lowest BCUT2D eigenvalue weighted by Gasteiger charge is -2.11. The van der Waals surface area contributed by atoms with Crippen LogP contribution in [0, 0.1) is 0 Å². The van der Waals surface area contributed by atoms with Gasteiger partial charge in [0.05, 0.1) is 11.7 Å². The lowest BCUT2D eigenvalue weighted by molar-refractivity contribution is -0.168. The molecule has 1 aliphatic rings. The predicted molar refractivity (Wildman–Crippen MR) is 67.8 cm³/mol. The Hall–Kier alpha value is -1.92. The molecule has 6 nitrogen and oxygen atoms in total. The average Bonchev–Trinajstić information content (AvgIpc) is 2.77. The maximum atomic E-state index is 11.7. The summed E-state index contributed by atoms with van der Waals surface area (Å²) in [5.74, 6) is -0.945. The summed E-state index contributed by atoms with van der Waals surface area (Å²) < 4.78 is 15.2. The van der Waals surface area contributed by atoms with Crippen molar-refractivity contribution in [2.75, 3.05) is 6.61 Å². The van der Waals surface area contributed by atoms with Crippen LogP contribution in [-0.4, -0.2) is 42.1 Å². The van der Waals surface area contributed by atoms with Crippen LogP contribution >= 0.6 is 0 Å². The van der Waals surface area contributed by atoms with Crippen LogP contribution in [0.15, 0.2) is 30.3 Å². The van der Waals surface area contributed by atoms with E-state index in [9.17, 15) is 14.7 Å². The summed E-state index contributed by atoms with van der Waals surface area (Å²) in [6, 6.07) is 8.58. The fourth-order valence-corrected chi connectivity index (χ4v) is 1.97. The highest BCUT2D eigenvalue weighted by Crippen LogP contribution is 2.22. The molecule has 1 saturated heterocycles. The normalized spacial score (nSPS) is 25.2. The predicted octanol–water partition coefficient (Wildman–Crippen LogP) is 0.882. The molecule has 1 fully saturated rings. The zero-order valence-electron chi connectivity index (χ0n) is 11.0. The van der Waals surface area contributed by atoms with Crippen molar-refractivity contribution in [1.29, 1.82) is 0 Å². The van der Waals surface area contributed by atoms with Gasteiger partial charge in [-0.3, -0.25) is 4.79 Å². The highest BCUT2D eigenvalue weighted by atomic mass is 16.7. The average molecular weight is 280 g/mol. The standard InChI is InChI=1S/C14H16O6/c1-9(15)19-12-7-11(20-14(12)17)8-18-13(16)10-5-3-2-4-6-10/h2-6,11-12,14,17H,7-8H2,1H3/t11-,12-,14+/m1/s1. The molecule has 0 bridgehead atoms. The molecule has 1 aromatic carbocycles. The van der Waals surface area contributed by atoms with Crippen LogP contribution in [0.3, 0.4) is 0 Å². The number of ether oxygens (including phenoxy) is 3. The maximum absolute atomic E-state index is 11.7. The van der Waals surface area contributed by atoms with E-state index in [-0.39, 0.29) is 6.61 Å². The van der Waals surface area contributed by atoms with Crippen molar-refractivity contribution >= 4 is 11.9 Å². The number of hydrogen-bond acceptors (Lipinski definition) is 6. The Morgan fingerprint density at radius 3 is 2.70 bits per heavy atom. The van der Waals surface area contributed by atoms with Gasteiger partial charge >= 0.3 is 11.9 Å². The topological polar surface area (TPSA) is 82.1 Å². The van der Waals surface area contributed by atoms with Gasteiger partial charge in [-0.1, -0.05) is 18.2 Å². The molecule has 0 amide bonds. The van der Waals surface area contributed by atoms with Crippen molar-refractivity contribution in [2.45, 2.75) is 31.8 Å². The van der Waals surface area contributed by atoms with Crippen molar-refractivity contribution in [1.82, 2.24) is 0 Å². The fraction of sp³-hybridized carbons (Fsp3) is 0.429. The van der Waals surface area contributed by atoms with Crippen LogP contribution < -0.4 is 0 Å². The largest absolute Gasteiger partial charge is 0.459 e. The molecule has 6 heteroatoms. The molecule has 2 rings (SSSR count). The Bertz CT molecular complexity index is 472. The van der Waals surface area contributed by atoms with Crippen molar-refractivity contribution in [3.8, 4) is 0 Å². The molecule has 0 saturated carbocycles. The van der Waals surface area contributed by atoms with Crippen LogP contribution in [0.1, 0.15) is 23.7 Å². The third kappa shape index (κ3) is 3.79. The zero-order chi connectivity index (χ0) is 14.5. The highest BCUT2D eigenvalue weighted by molar-refractivity contribution is 5.89. The second-order valence-corrected chi connectivity index (χ2v) is 4.50. The van der Waals surface area contributed by atoms with Crippen molar-refractivity contribution in [3.05, 3.63) is 35.9 Å². The fourth-order valence-electron chi connectivity index (χ4n) is 1.97. The second kappa shape index (κ2) is 6.49.